The van der Waals surface area contributed by atoms with E-state index in [9.17, 15) is 14.7 Å². The van der Waals surface area contributed by atoms with Crippen LogP contribution in [0.4, 0.5) is 0 Å². The summed E-state index contributed by atoms with van der Waals surface area (Å²) >= 11 is 0. The topological polar surface area (TPSA) is 84.3 Å². The summed E-state index contributed by atoms with van der Waals surface area (Å²) in [4.78, 5) is 25.8. The number of aromatic nitrogens is 2. The minimum atomic E-state index is -0.549. The van der Waals surface area contributed by atoms with Gasteiger partial charge >= 0.3 is 5.69 Å². The third kappa shape index (κ3) is 2.45. The molecule has 1 aromatic rings. The van der Waals surface area contributed by atoms with Crippen molar-refractivity contribution < 1.29 is 9.84 Å². The van der Waals surface area contributed by atoms with Crippen molar-refractivity contribution in [1.29, 1.82) is 0 Å². The summed E-state index contributed by atoms with van der Waals surface area (Å²) in [5, 5.41) is 10.2. The second kappa shape index (κ2) is 5.21. The number of hydrogen-bond donors (Lipinski definition) is 2. The van der Waals surface area contributed by atoms with Gasteiger partial charge in [0.2, 0.25) is 5.88 Å². The normalized spacial score (nSPS) is 22.5. The molecule has 0 aromatic carbocycles. The molecular formula is C13H20N2O4. The highest BCUT2D eigenvalue weighted by Crippen LogP contribution is 2.36. The molecule has 106 valence electrons. The highest BCUT2D eigenvalue weighted by Gasteiger charge is 2.34. The van der Waals surface area contributed by atoms with E-state index in [0.29, 0.717) is 19.4 Å². The molecule has 1 heterocycles. The van der Waals surface area contributed by atoms with Crippen molar-refractivity contribution in [2.75, 3.05) is 6.61 Å². The molecule has 1 saturated carbocycles. The number of H-pyrrole nitrogens is 1. The Labute approximate surface area is 111 Å². The van der Waals surface area contributed by atoms with Gasteiger partial charge in [-0.2, -0.15) is 0 Å². The van der Waals surface area contributed by atoms with Crippen LogP contribution in [0.3, 0.4) is 0 Å². The third-order valence-electron chi connectivity index (χ3n) is 3.57. The smallest absolute Gasteiger partial charge is 0.331 e. The molecule has 0 saturated heterocycles. The number of rotatable bonds is 4. The lowest BCUT2D eigenvalue weighted by Crippen LogP contribution is -2.41. The molecule has 0 bridgehead atoms. The summed E-state index contributed by atoms with van der Waals surface area (Å²) in [6.45, 7) is 6.18. The lowest BCUT2D eigenvalue weighted by Gasteiger charge is -2.36. The monoisotopic (exact) mass is 268 g/mol. The Kier molecular flexibility index (Phi) is 3.80. The van der Waals surface area contributed by atoms with E-state index in [4.69, 9.17) is 4.74 Å². The first-order valence-electron chi connectivity index (χ1n) is 6.65. The predicted octanol–water partition coefficient (Wildman–Crippen LogP) is 1.11. The Hall–Kier alpha value is -1.56. The van der Waals surface area contributed by atoms with E-state index >= 15 is 0 Å². The molecule has 0 atom stereocenters. The quantitative estimate of drug-likeness (QED) is 0.856. The standard InChI is InChI=1S/C13H20N2O4/c1-4-19-9-5-8(6-9)15-12(17)10(7(2)3)11(16)14-13(15)18/h7-9,17H,4-6H2,1-3H3,(H,14,16,18). The van der Waals surface area contributed by atoms with Gasteiger partial charge in [0.15, 0.2) is 0 Å². The molecule has 6 nitrogen and oxygen atoms in total. The average molecular weight is 268 g/mol. The summed E-state index contributed by atoms with van der Waals surface area (Å²) in [5.74, 6) is -0.345. The number of ether oxygens (including phenoxy) is 1. The van der Waals surface area contributed by atoms with Crippen LogP contribution in [-0.2, 0) is 4.74 Å². The van der Waals surface area contributed by atoms with Crippen LogP contribution in [0.1, 0.15) is 51.1 Å². The van der Waals surface area contributed by atoms with E-state index in [0.717, 1.165) is 0 Å². The van der Waals surface area contributed by atoms with Crippen LogP contribution >= 0.6 is 0 Å². The minimum Gasteiger partial charge on any atom is -0.494 e. The van der Waals surface area contributed by atoms with Crippen LogP contribution < -0.4 is 11.2 Å². The van der Waals surface area contributed by atoms with Gasteiger partial charge in [0.05, 0.1) is 11.7 Å². The van der Waals surface area contributed by atoms with Crippen LogP contribution in [0.25, 0.3) is 0 Å². The fraction of sp³-hybridized carbons (Fsp3) is 0.692. The zero-order valence-corrected chi connectivity index (χ0v) is 11.5. The van der Waals surface area contributed by atoms with Crippen LogP contribution in [0.15, 0.2) is 9.59 Å². The minimum absolute atomic E-state index is 0.0987. The SMILES string of the molecule is CCOC1CC(n2c(O)c(C(C)C)c(=O)[nH]c2=O)C1. The van der Waals surface area contributed by atoms with Gasteiger partial charge in [0, 0.05) is 12.6 Å². The number of aromatic hydroxyl groups is 1. The van der Waals surface area contributed by atoms with E-state index in [1.54, 1.807) is 0 Å². The maximum atomic E-state index is 11.8. The molecule has 19 heavy (non-hydrogen) atoms. The number of nitrogens with one attached hydrogen (secondary N) is 1. The lowest BCUT2D eigenvalue weighted by atomic mass is 9.88. The van der Waals surface area contributed by atoms with E-state index < -0.39 is 11.2 Å². The second-order valence-corrected chi connectivity index (χ2v) is 5.22. The third-order valence-corrected chi connectivity index (χ3v) is 3.57. The van der Waals surface area contributed by atoms with Crippen LogP contribution in [0.2, 0.25) is 0 Å². The predicted molar refractivity (Wildman–Crippen MR) is 70.8 cm³/mol. The molecule has 0 spiro atoms. The number of aromatic amines is 1. The molecule has 1 aliphatic carbocycles. The van der Waals surface area contributed by atoms with Crippen molar-refractivity contribution in [3.8, 4) is 5.88 Å². The molecule has 1 fully saturated rings. The Balaban J connectivity index is 2.35. The van der Waals surface area contributed by atoms with Gasteiger partial charge < -0.3 is 9.84 Å². The van der Waals surface area contributed by atoms with Crippen molar-refractivity contribution in [2.45, 2.75) is 51.7 Å². The first-order valence-corrected chi connectivity index (χ1v) is 6.65. The lowest BCUT2D eigenvalue weighted by molar-refractivity contribution is -0.0225. The molecule has 2 N–H and O–H groups in total. The number of nitrogens with zero attached hydrogens (tertiary/aromatic N) is 1. The molecule has 2 rings (SSSR count). The Bertz CT molecular complexity index is 567. The van der Waals surface area contributed by atoms with Crippen molar-refractivity contribution in [1.82, 2.24) is 9.55 Å². The van der Waals surface area contributed by atoms with Crippen molar-refractivity contribution in [3.05, 3.63) is 26.4 Å². The zero-order chi connectivity index (χ0) is 14.2. The van der Waals surface area contributed by atoms with Gasteiger partial charge in [-0.25, -0.2) is 4.79 Å². The van der Waals surface area contributed by atoms with Gasteiger partial charge in [-0.3, -0.25) is 14.3 Å². The fourth-order valence-electron chi connectivity index (χ4n) is 2.53. The maximum absolute atomic E-state index is 11.8. The largest absolute Gasteiger partial charge is 0.494 e. The summed E-state index contributed by atoms with van der Waals surface area (Å²) in [6, 6.07) is -0.0987. The molecule has 0 radical (unpaired) electrons. The van der Waals surface area contributed by atoms with E-state index in [1.807, 2.05) is 20.8 Å². The Morgan fingerprint density at radius 2 is 2.05 bits per heavy atom. The molecule has 6 heteroatoms. The van der Waals surface area contributed by atoms with Crippen molar-refractivity contribution in [3.63, 3.8) is 0 Å². The molecule has 1 aliphatic rings. The number of hydrogen-bond acceptors (Lipinski definition) is 4. The second-order valence-electron chi connectivity index (χ2n) is 5.22. The summed E-state index contributed by atoms with van der Waals surface area (Å²) in [6.07, 6.45) is 1.51. The highest BCUT2D eigenvalue weighted by atomic mass is 16.5. The molecule has 0 aliphatic heterocycles. The summed E-state index contributed by atoms with van der Waals surface area (Å²) < 4.78 is 6.73. The van der Waals surface area contributed by atoms with Gasteiger partial charge in [-0.05, 0) is 25.7 Å². The fourth-order valence-corrected chi connectivity index (χ4v) is 2.53. The van der Waals surface area contributed by atoms with Gasteiger partial charge in [-0.1, -0.05) is 13.8 Å². The van der Waals surface area contributed by atoms with Gasteiger partial charge in [0.25, 0.3) is 5.56 Å². The maximum Gasteiger partial charge on any atom is 0.331 e. The van der Waals surface area contributed by atoms with Crippen LogP contribution in [0, 0.1) is 0 Å². The van der Waals surface area contributed by atoms with Crippen LogP contribution in [0.5, 0.6) is 5.88 Å². The first-order chi connectivity index (χ1) is 8.95. The summed E-state index contributed by atoms with van der Waals surface area (Å²) in [5.41, 5.74) is -0.791. The average Bonchev–Trinajstić information content (AvgIpc) is 2.24. The van der Waals surface area contributed by atoms with Gasteiger partial charge in [-0.15, -0.1) is 0 Å². The van der Waals surface area contributed by atoms with Crippen LogP contribution in [-0.4, -0.2) is 27.4 Å². The molecule has 1 aromatic heterocycles. The highest BCUT2D eigenvalue weighted by molar-refractivity contribution is 5.26. The van der Waals surface area contributed by atoms with Crippen molar-refractivity contribution >= 4 is 0 Å². The zero-order valence-electron chi connectivity index (χ0n) is 11.5. The summed E-state index contributed by atoms with van der Waals surface area (Å²) in [7, 11) is 0. The first kappa shape index (κ1) is 13.9. The van der Waals surface area contributed by atoms with E-state index in [2.05, 4.69) is 4.98 Å². The van der Waals surface area contributed by atoms with E-state index in [1.165, 1.54) is 4.57 Å². The Morgan fingerprint density at radius 1 is 1.42 bits per heavy atom. The van der Waals surface area contributed by atoms with E-state index in [-0.39, 0.29) is 29.5 Å². The Morgan fingerprint density at radius 3 is 2.58 bits per heavy atom. The van der Waals surface area contributed by atoms with Crippen molar-refractivity contribution in [2.24, 2.45) is 0 Å². The molecule has 0 amide bonds. The van der Waals surface area contributed by atoms with Gasteiger partial charge in [0.1, 0.15) is 0 Å². The molecule has 0 unspecified atom stereocenters. The molecular weight excluding hydrogens is 248 g/mol.